The summed E-state index contributed by atoms with van der Waals surface area (Å²) in [5.41, 5.74) is 2.65. The van der Waals surface area contributed by atoms with Crippen molar-refractivity contribution >= 4 is 23.6 Å². The minimum absolute atomic E-state index is 0.301. The second kappa shape index (κ2) is 11.7. The summed E-state index contributed by atoms with van der Waals surface area (Å²) >= 11 is 0. The van der Waals surface area contributed by atoms with Gasteiger partial charge in [0.2, 0.25) is 5.91 Å². The van der Waals surface area contributed by atoms with Crippen LogP contribution in [-0.2, 0) is 14.3 Å². The maximum absolute atomic E-state index is 13.6. The van der Waals surface area contributed by atoms with Crippen molar-refractivity contribution in [2.24, 2.45) is 0 Å². The normalized spacial score (nSPS) is 12.0. The molecule has 0 saturated heterocycles. The Labute approximate surface area is 208 Å². The second-order valence-corrected chi connectivity index (χ2v) is 9.71. The van der Waals surface area contributed by atoms with E-state index in [1.807, 2.05) is 45.9 Å². The molecule has 2 rings (SSSR count). The average Bonchev–Trinajstić information content (AvgIpc) is 2.76. The summed E-state index contributed by atoms with van der Waals surface area (Å²) in [4.78, 5) is 40.5. The maximum Gasteiger partial charge on any atom is 0.408 e. The number of rotatable bonds is 8. The number of amides is 3. The molecule has 0 aromatic heterocycles. The summed E-state index contributed by atoms with van der Waals surface area (Å²) in [5.74, 6) is -0.0994. The zero-order chi connectivity index (χ0) is 26.3. The number of methoxy groups -OCH3 is 1. The molecule has 8 heteroatoms. The molecule has 0 fully saturated rings. The number of carbonyl (C=O) groups excluding carboxylic acids is 3. The number of ether oxygens (including phenoxy) is 2. The van der Waals surface area contributed by atoms with Crippen LogP contribution in [0.4, 0.5) is 10.5 Å². The summed E-state index contributed by atoms with van der Waals surface area (Å²) in [5, 5.41) is 5.42. The Balaban J connectivity index is 2.37. The predicted octanol–water partition coefficient (Wildman–Crippen LogP) is 4.75. The smallest absolute Gasteiger partial charge is 0.408 e. The minimum Gasteiger partial charge on any atom is -0.497 e. The third-order valence-corrected chi connectivity index (χ3v) is 5.36. The largest absolute Gasteiger partial charge is 0.497 e. The zero-order valence-electron chi connectivity index (χ0n) is 21.9. The fourth-order valence-corrected chi connectivity index (χ4v) is 3.54. The Morgan fingerprint density at radius 3 is 2.11 bits per heavy atom. The van der Waals surface area contributed by atoms with E-state index in [0.717, 1.165) is 11.1 Å². The maximum atomic E-state index is 13.6. The van der Waals surface area contributed by atoms with E-state index in [0.29, 0.717) is 17.0 Å². The van der Waals surface area contributed by atoms with Crippen molar-refractivity contribution in [3.05, 3.63) is 59.2 Å². The van der Waals surface area contributed by atoms with E-state index in [-0.39, 0.29) is 18.5 Å². The zero-order valence-corrected chi connectivity index (χ0v) is 21.9. The molecular formula is C27H37N3O5. The molecule has 35 heavy (non-hydrogen) atoms. The van der Waals surface area contributed by atoms with Crippen LogP contribution in [0.3, 0.4) is 0 Å². The molecule has 0 aliphatic carbocycles. The molecule has 2 aromatic carbocycles. The quantitative estimate of drug-likeness (QED) is 0.565. The highest BCUT2D eigenvalue weighted by atomic mass is 16.6. The van der Waals surface area contributed by atoms with Crippen LogP contribution in [0.5, 0.6) is 5.75 Å². The molecule has 0 radical (unpaired) electrons. The molecule has 2 N–H and O–H groups in total. The van der Waals surface area contributed by atoms with E-state index in [9.17, 15) is 14.4 Å². The number of alkyl carbamates (subject to hydrolysis) is 1. The fraction of sp³-hybridized carbons (Fsp3) is 0.444. The lowest BCUT2D eigenvalue weighted by Crippen LogP contribution is -2.49. The standard InChI is InChI=1S/C27H37N3O5/c1-17(2)30(23(31)16-28-26(33)35-27(5,6)7)24(20-10-9-18(3)19(4)15-20)25(32)29-21-11-13-22(34-8)14-12-21/h9-15,17,24H,16H2,1-8H3,(H,28,33)(H,29,32). The Morgan fingerprint density at radius 2 is 1.60 bits per heavy atom. The van der Waals surface area contributed by atoms with Crippen molar-refractivity contribution in [3.8, 4) is 5.75 Å². The van der Waals surface area contributed by atoms with Gasteiger partial charge in [0, 0.05) is 11.7 Å². The first-order chi connectivity index (χ1) is 16.3. The van der Waals surface area contributed by atoms with E-state index in [1.165, 1.54) is 4.90 Å². The highest BCUT2D eigenvalue weighted by molar-refractivity contribution is 5.98. The second-order valence-electron chi connectivity index (χ2n) is 9.71. The van der Waals surface area contributed by atoms with Crippen LogP contribution in [0.15, 0.2) is 42.5 Å². The van der Waals surface area contributed by atoms with E-state index in [1.54, 1.807) is 52.1 Å². The molecule has 1 atom stereocenters. The van der Waals surface area contributed by atoms with Gasteiger partial charge in [0.15, 0.2) is 0 Å². The number of hydrogen-bond donors (Lipinski definition) is 2. The molecule has 0 aliphatic rings. The van der Waals surface area contributed by atoms with Gasteiger partial charge in [-0.15, -0.1) is 0 Å². The van der Waals surface area contributed by atoms with Crippen molar-refractivity contribution in [2.45, 2.75) is 66.2 Å². The van der Waals surface area contributed by atoms with Gasteiger partial charge in [0.1, 0.15) is 23.9 Å². The van der Waals surface area contributed by atoms with E-state index in [2.05, 4.69) is 10.6 Å². The average molecular weight is 484 g/mol. The summed E-state index contributed by atoms with van der Waals surface area (Å²) in [6.07, 6.45) is -0.694. The lowest BCUT2D eigenvalue weighted by molar-refractivity contribution is -0.140. The van der Waals surface area contributed by atoms with Gasteiger partial charge in [-0.1, -0.05) is 18.2 Å². The van der Waals surface area contributed by atoms with Crippen molar-refractivity contribution in [2.75, 3.05) is 19.0 Å². The van der Waals surface area contributed by atoms with Crippen LogP contribution >= 0.6 is 0 Å². The number of nitrogens with zero attached hydrogens (tertiary/aromatic N) is 1. The van der Waals surface area contributed by atoms with Gasteiger partial charge in [-0.05, 0) is 89.4 Å². The molecular weight excluding hydrogens is 446 g/mol. The highest BCUT2D eigenvalue weighted by Gasteiger charge is 2.34. The summed E-state index contributed by atoms with van der Waals surface area (Å²) in [7, 11) is 1.57. The summed E-state index contributed by atoms with van der Waals surface area (Å²) in [6, 6.07) is 11.4. The minimum atomic E-state index is -0.913. The number of aryl methyl sites for hydroxylation is 2. The lowest BCUT2D eigenvalue weighted by Gasteiger charge is -2.35. The first kappa shape index (κ1) is 27.7. The van der Waals surface area contributed by atoms with Gasteiger partial charge in [-0.25, -0.2) is 4.79 Å². The molecule has 0 aliphatic heterocycles. The molecule has 1 unspecified atom stereocenters. The molecule has 0 spiro atoms. The Hall–Kier alpha value is -3.55. The third kappa shape index (κ3) is 8.02. The fourth-order valence-electron chi connectivity index (χ4n) is 3.54. The Bertz CT molecular complexity index is 1040. The number of hydrogen-bond acceptors (Lipinski definition) is 5. The van der Waals surface area contributed by atoms with E-state index < -0.39 is 23.6 Å². The van der Waals surface area contributed by atoms with Crippen molar-refractivity contribution in [3.63, 3.8) is 0 Å². The molecule has 2 aromatic rings. The van der Waals surface area contributed by atoms with Crippen LogP contribution in [0.1, 0.15) is 57.4 Å². The van der Waals surface area contributed by atoms with Crippen molar-refractivity contribution in [1.29, 1.82) is 0 Å². The highest BCUT2D eigenvalue weighted by Crippen LogP contribution is 2.27. The number of benzene rings is 2. The number of anilines is 1. The van der Waals surface area contributed by atoms with Gasteiger partial charge in [-0.2, -0.15) is 0 Å². The van der Waals surface area contributed by atoms with Crippen LogP contribution in [0.25, 0.3) is 0 Å². The van der Waals surface area contributed by atoms with Gasteiger partial charge >= 0.3 is 6.09 Å². The van der Waals surface area contributed by atoms with Crippen LogP contribution < -0.4 is 15.4 Å². The van der Waals surface area contributed by atoms with Gasteiger partial charge in [0.05, 0.1) is 7.11 Å². The SMILES string of the molecule is COc1ccc(NC(=O)C(c2ccc(C)c(C)c2)N(C(=O)CNC(=O)OC(C)(C)C)C(C)C)cc1. The predicted molar refractivity (Wildman–Crippen MR) is 136 cm³/mol. The molecule has 0 saturated carbocycles. The third-order valence-electron chi connectivity index (χ3n) is 5.36. The Morgan fingerprint density at radius 1 is 0.971 bits per heavy atom. The number of nitrogens with one attached hydrogen (secondary N) is 2. The van der Waals surface area contributed by atoms with Crippen molar-refractivity contribution in [1.82, 2.24) is 10.2 Å². The molecule has 0 heterocycles. The summed E-state index contributed by atoms with van der Waals surface area (Å²) in [6.45, 7) is 12.5. The van der Waals surface area contributed by atoms with Crippen LogP contribution in [-0.4, -0.2) is 48.1 Å². The lowest BCUT2D eigenvalue weighted by atomic mass is 9.98. The molecule has 190 valence electrons. The van der Waals surface area contributed by atoms with Crippen LogP contribution in [0, 0.1) is 13.8 Å². The molecule has 0 bridgehead atoms. The van der Waals surface area contributed by atoms with Gasteiger partial charge in [0.25, 0.3) is 5.91 Å². The topological polar surface area (TPSA) is 97.0 Å². The van der Waals surface area contributed by atoms with Crippen molar-refractivity contribution < 1.29 is 23.9 Å². The molecule has 8 nitrogen and oxygen atoms in total. The summed E-state index contributed by atoms with van der Waals surface area (Å²) < 4.78 is 10.4. The number of carbonyl (C=O) groups is 3. The van der Waals surface area contributed by atoms with Crippen LogP contribution in [0.2, 0.25) is 0 Å². The van der Waals surface area contributed by atoms with E-state index in [4.69, 9.17) is 9.47 Å². The Kier molecular flexibility index (Phi) is 9.28. The first-order valence-corrected chi connectivity index (χ1v) is 11.6. The van der Waals surface area contributed by atoms with Gasteiger partial charge in [-0.3, -0.25) is 9.59 Å². The van der Waals surface area contributed by atoms with E-state index >= 15 is 0 Å². The molecule has 3 amide bonds. The first-order valence-electron chi connectivity index (χ1n) is 11.6. The monoisotopic (exact) mass is 483 g/mol. The van der Waals surface area contributed by atoms with Gasteiger partial charge < -0.3 is 25.0 Å².